The topological polar surface area (TPSA) is 81.7 Å². The van der Waals surface area contributed by atoms with Gasteiger partial charge in [-0.25, -0.2) is 4.79 Å². The average Bonchev–Trinajstić information content (AvgIpc) is 2.30. The van der Waals surface area contributed by atoms with Gasteiger partial charge in [0.25, 0.3) is 0 Å². The summed E-state index contributed by atoms with van der Waals surface area (Å²) in [5.41, 5.74) is 0. The molecule has 0 aromatic rings. The summed E-state index contributed by atoms with van der Waals surface area (Å²) in [4.78, 5) is 22.3. The van der Waals surface area contributed by atoms with Crippen molar-refractivity contribution < 1.29 is 23.4 Å². The molecule has 2 unspecified atom stereocenters. The molecular formula is C10H19ClNO5P. The molecule has 0 bridgehead atoms. The van der Waals surface area contributed by atoms with Gasteiger partial charge in [-0.2, -0.15) is 0 Å². The Hall–Kier alpha value is -0.580. The SMILES string of the molecule is COC(=O)C(CCP(C)(=O)OCCCl)NC(C)=O. The molecule has 8 heteroatoms. The summed E-state index contributed by atoms with van der Waals surface area (Å²) in [6.45, 7) is 2.96. The van der Waals surface area contributed by atoms with Gasteiger partial charge in [-0.1, -0.05) is 0 Å². The zero-order chi connectivity index (χ0) is 14.2. The molecule has 0 saturated heterocycles. The lowest BCUT2D eigenvalue weighted by Crippen LogP contribution is -2.41. The van der Waals surface area contributed by atoms with Crippen molar-refractivity contribution in [1.82, 2.24) is 5.32 Å². The third-order valence-electron chi connectivity index (χ3n) is 2.13. The fourth-order valence-corrected chi connectivity index (χ4v) is 2.81. The van der Waals surface area contributed by atoms with Crippen LogP contribution in [0.1, 0.15) is 13.3 Å². The Balaban J connectivity index is 4.37. The monoisotopic (exact) mass is 299 g/mol. The highest BCUT2D eigenvalue weighted by atomic mass is 35.5. The van der Waals surface area contributed by atoms with Crippen LogP contribution < -0.4 is 5.32 Å². The predicted octanol–water partition coefficient (Wildman–Crippen LogP) is 1.22. The summed E-state index contributed by atoms with van der Waals surface area (Å²) in [6, 6.07) is -0.805. The highest BCUT2D eigenvalue weighted by Gasteiger charge is 2.24. The zero-order valence-corrected chi connectivity index (χ0v) is 12.4. The Labute approximate surface area is 112 Å². The number of rotatable bonds is 8. The molecule has 0 aliphatic rings. The highest BCUT2D eigenvalue weighted by Crippen LogP contribution is 2.43. The minimum Gasteiger partial charge on any atom is -0.467 e. The second-order valence-corrected chi connectivity index (χ2v) is 6.94. The Bertz CT molecular complexity index is 336. The van der Waals surface area contributed by atoms with E-state index in [2.05, 4.69) is 10.1 Å². The lowest BCUT2D eigenvalue weighted by Gasteiger charge is -2.18. The highest BCUT2D eigenvalue weighted by molar-refractivity contribution is 7.58. The van der Waals surface area contributed by atoms with Crippen LogP contribution in [0.15, 0.2) is 0 Å². The summed E-state index contributed by atoms with van der Waals surface area (Å²) < 4.78 is 21.6. The van der Waals surface area contributed by atoms with Crippen LogP contribution >= 0.6 is 19.0 Å². The third-order valence-corrected chi connectivity index (χ3v) is 4.08. The van der Waals surface area contributed by atoms with E-state index < -0.39 is 19.4 Å². The number of hydrogen-bond acceptors (Lipinski definition) is 5. The largest absolute Gasteiger partial charge is 0.467 e. The first kappa shape index (κ1) is 17.4. The van der Waals surface area contributed by atoms with Gasteiger partial charge in [0.1, 0.15) is 6.04 Å². The van der Waals surface area contributed by atoms with E-state index in [1.54, 1.807) is 0 Å². The maximum Gasteiger partial charge on any atom is 0.328 e. The minimum atomic E-state index is -2.80. The normalized spacial score (nSPS) is 15.6. The molecule has 0 aromatic heterocycles. The molecule has 0 rings (SSSR count). The number of hydrogen-bond donors (Lipinski definition) is 1. The minimum absolute atomic E-state index is 0.171. The molecule has 0 aliphatic heterocycles. The van der Waals surface area contributed by atoms with E-state index >= 15 is 0 Å². The average molecular weight is 300 g/mol. The van der Waals surface area contributed by atoms with Gasteiger partial charge in [0.2, 0.25) is 5.91 Å². The number of carbonyl (C=O) groups excluding carboxylic acids is 2. The third kappa shape index (κ3) is 7.69. The zero-order valence-electron chi connectivity index (χ0n) is 10.8. The van der Waals surface area contributed by atoms with Gasteiger partial charge in [-0.3, -0.25) is 9.36 Å². The molecule has 18 heavy (non-hydrogen) atoms. The van der Waals surface area contributed by atoms with Gasteiger partial charge >= 0.3 is 5.97 Å². The predicted molar refractivity (Wildman–Crippen MR) is 69.3 cm³/mol. The van der Waals surface area contributed by atoms with Crippen LogP contribution in [0.2, 0.25) is 0 Å². The van der Waals surface area contributed by atoms with Crippen LogP contribution in [-0.4, -0.2) is 50.3 Å². The summed E-state index contributed by atoms with van der Waals surface area (Å²) in [6.07, 6.45) is 0.367. The lowest BCUT2D eigenvalue weighted by atomic mass is 10.2. The second-order valence-electron chi connectivity index (χ2n) is 3.82. The molecule has 2 atom stereocenters. The number of halogens is 1. The number of nitrogens with one attached hydrogen (secondary N) is 1. The Morgan fingerprint density at radius 3 is 2.50 bits per heavy atom. The van der Waals surface area contributed by atoms with Crippen molar-refractivity contribution in [3.63, 3.8) is 0 Å². The van der Waals surface area contributed by atoms with E-state index in [1.807, 2.05) is 0 Å². The van der Waals surface area contributed by atoms with E-state index in [0.717, 1.165) is 0 Å². The van der Waals surface area contributed by atoms with Crippen LogP contribution in [0.3, 0.4) is 0 Å². The van der Waals surface area contributed by atoms with Crippen molar-refractivity contribution in [1.29, 1.82) is 0 Å². The number of amides is 1. The number of esters is 1. The fourth-order valence-electron chi connectivity index (χ4n) is 1.29. The Morgan fingerprint density at radius 1 is 1.44 bits per heavy atom. The molecule has 106 valence electrons. The van der Waals surface area contributed by atoms with Crippen LogP contribution in [0.4, 0.5) is 0 Å². The molecule has 0 aliphatic carbocycles. The van der Waals surface area contributed by atoms with E-state index in [0.29, 0.717) is 0 Å². The van der Waals surface area contributed by atoms with Crippen LogP contribution in [0.25, 0.3) is 0 Å². The van der Waals surface area contributed by atoms with Crippen LogP contribution in [0.5, 0.6) is 0 Å². The number of methoxy groups -OCH3 is 1. The maximum atomic E-state index is 11.9. The molecule has 1 amide bonds. The van der Waals surface area contributed by atoms with Crippen molar-refractivity contribution in [2.75, 3.05) is 32.4 Å². The van der Waals surface area contributed by atoms with Gasteiger partial charge < -0.3 is 14.6 Å². The second kappa shape index (κ2) is 8.51. The molecular weight excluding hydrogens is 281 g/mol. The number of carbonyl (C=O) groups is 2. The van der Waals surface area contributed by atoms with Gasteiger partial charge in [0, 0.05) is 25.6 Å². The molecule has 0 spiro atoms. The summed E-state index contributed by atoms with van der Waals surface area (Å²) in [5, 5.41) is 2.44. The lowest BCUT2D eigenvalue weighted by molar-refractivity contribution is -0.144. The van der Waals surface area contributed by atoms with Gasteiger partial charge in [-0.05, 0) is 6.42 Å². The maximum absolute atomic E-state index is 11.9. The number of ether oxygens (including phenoxy) is 1. The van der Waals surface area contributed by atoms with Gasteiger partial charge in [0.15, 0.2) is 7.37 Å². The molecule has 0 fully saturated rings. The standard InChI is InChI=1S/C10H19ClNO5P/c1-8(13)12-9(10(14)16-2)4-7-18(3,15)17-6-5-11/h9H,4-7H2,1-3H3,(H,12,13). The van der Waals surface area contributed by atoms with Crippen molar-refractivity contribution in [3.05, 3.63) is 0 Å². The first-order valence-electron chi connectivity index (χ1n) is 5.44. The van der Waals surface area contributed by atoms with Crippen molar-refractivity contribution >= 4 is 30.8 Å². The molecule has 0 aromatic carbocycles. The first-order chi connectivity index (χ1) is 8.32. The summed E-state index contributed by atoms with van der Waals surface area (Å²) >= 11 is 5.43. The van der Waals surface area contributed by atoms with Crippen molar-refractivity contribution in [3.8, 4) is 0 Å². The fraction of sp³-hybridized carbons (Fsp3) is 0.800. The van der Waals surface area contributed by atoms with Crippen LogP contribution in [0, 0.1) is 0 Å². The van der Waals surface area contributed by atoms with Gasteiger partial charge in [-0.15, -0.1) is 11.6 Å². The molecule has 0 radical (unpaired) electrons. The van der Waals surface area contributed by atoms with Crippen molar-refractivity contribution in [2.24, 2.45) is 0 Å². The Kier molecular flexibility index (Phi) is 8.24. The smallest absolute Gasteiger partial charge is 0.328 e. The molecule has 1 N–H and O–H groups in total. The van der Waals surface area contributed by atoms with Crippen molar-refractivity contribution in [2.45, 2.75) is 19.4 Å². The molecule has 6 nitrogen and oxygen atoms in total. The first-order valence-corrected chi connectivity index (χ1v) is 8.23. The Morgan fingerprint density at radius 2 is 2.06 bits per heavy atom. The summed E-state index contributed by atoms with van der Waals surface area (Å²) in [5.74, 6) is -0.662. The quantitative estimate of drug-likeness (QED) is 0.414. The van der Waals surface area contributed by atoms with E-state index in [9.17, 15) is 14.2 Å². The summed E-state index contributed by atoms with van der Waals surface area (Å²) in [7, 11) is -1.57. The van der Waals surface area contributed by atoms with Crippen LogP contribution in [-0.2, 0) is 23.4 Å². The van der Waals surface area contributed by atoms with E-state index in [4.69, 9.17) is 16.1 Å². The van der Waals surface area contributed by atoms with E-state index in [1.165, 1.54) is 20.7 Å². The van der Waals surface area contributed by atoms with Gasteiger partial charge in [0.05, 0.1) is 13.7 Å². The molecule has 0 heterocycles. The number of alkyl halides is 1. The van der Waals surface area contributed by atoms with E-state index in [-0.39, 0.29) is 31.0 Å². The molecule has 0 saturated carbocycles.